The van der Waals surface area contributed by atoms with Crippen LogP contribution >= 0.6 is 58.0 Å². The Balaban J connectivity index is 1.32. The second kappa shape index (κ2) is 12.0. The van der Waals surface area contributed by atoms with Gasteiger partial charge in [0, 0.05) is 35.6 Å². The number of rotatable bonds is 9. The molecule has 1 aliphatic rings. The van der Waals surface area contributed by atoms with E-state index in [1.807, 2.05) is 0 Å². The molecule has 1 saturated carbocycles. The van der Waals surface area contributed by atoms with Crippen molar-refractivity contribution in [2.45, 2.75) is 23.1 Å². The second-order valence-corrected chi connectivity index (χ2v) is 12.3. The molecule has 12 heteroatoms. The maximum Gasteiger partial charge on any atom is 0.231 e. The lowest BCUT2D eigenvalue weighted by Gasteiger charge is -2.11. The van der Waals surface area contributed by atoms with E-state index in [9.17, 15) is 18.8 Å². The van der Waals surface area contributed by atoms with Gasteiger partial charge in [-0.05, 0) is 59.7 Å². The van der Waals surface area contributed by atoms with Crippen molar-refractivity contribution in [3.63, 3.8) is 0 Å². The minimum atomic E-state index is -1.40. The Morgan fingerprint density at radius 2 is 1.60 bits per heavy atom. The number of carbonyl (C=O) groups is 3. The molecule has 1 aromatic heterocycles. The molecule has 0 saturated heterocycles. The number of anilines is 1. The number of ketones is 2. The average molecular weight is 672 g/mol. The van der Waals surface area contributed by atoms with Crippen molar-refractivity contribution in [2.75, 3.05) is 5.32 Å². The first kappa shape index (κ1) is 30.5. The van der Waals surface area contributed by atoms with E-state index in [1.54, 1.807) is 18.2 Å². The molecule has 1 heterocycles. The molecule has 5 nitrogen and oxygen atoms in total. The molecule has 0 aliphatic heterocycles. The first-order chi connectivity index (χ1) is 19.9. The lowest BCUT2D eigenvalue weighted by molar-refractivity contribution is -0.117. The highest BCUT2D eigenvalue weighted by atomic mass is 35.5. The van der Waals surface area contributed by atoms with Crippen LogP contribution in [0.2, 0.25) is 15.1 Å². The maximum absolute atomic E-state index is 15.2. The number of benzene rings is 3. The lowest BCUT2D eigenvalue weighted by Crippen LogP contribution is -2.17. The number of hydrogen-bond donors (Lipinski definition) is 1. The molecule has 3 aromatic carbocycles. The van der Waals surface area contributed by atoms with E-state index in [2.05, 4.69) is 5.32 Å². The Bertz CT molecular complexity index is 1730. The first-order valence-corrected chi connectivity index (χ1v) is 14.3. The molecule has 0 unspecified atom stereocenters. The summed E-state index contributed by atoms with van der Waals surface area (Å²) in [5.74, 6) is -5.12. The van der Waals surface area contributed by atoms with Crippen molar-refractivity contribution >= 4 is 81.2 Å². The SMILES string of the molecule is O=C(Cc1c(F)ccc(CC(=O)c2cc(NC(=O)[C@H]3[C@H](c4ccc(Cl)c(Cl)c4)C3(Cl)Cl)ccc2Cl)c1F)c1ccco1. The van der Waals surface area contributed by atoms with E-state index in [4.69, 9.17) is 62.4 Å². The standard InChI is InChI=1S/C30H18Cl5F2NO4/c31-19-7-5-16(38-29(41)27-26(30(27,34)35)14-3-6-20(32)21(33)10-14)12-17(19)23(39)11-15-4-8-22(36)18(28(15)37)13-24(40)25-2-1-9-42-25/h1-10,12,26-27H,11,13H2,(H,38,41)/t26-,27+/m0/s1. The van der Waals surface area contributed by atoms with E-state index >= 15 is 4.39 Å². The monoisotopic (exact) mass is 669 g/mol. The van der Waals surface area contributed by atoms with Gasteiger partial charge in [-0.25, -0.2) is 8.78 Å². The van der Waals surface area contributed by atoms with Gasteiger partial charge in [0.15, 0.2) is 11.5 Å². The number of furan rings is 1. The third-order valence-electron chi connectivity index (χ3n) is 6.92. The summed E-state index contributed by atoms with van der Waals surface area (Å²) in [5.41, 5.74) is 0.228. The van der Waals surface area contributed by atoms with Gasteiger partial charge in [-0.1, -0.05) is 46.9 Å². The first-order valence-electron chi connectivity index (χ1n) is 12.4. The van der Waals surface area contributed by atoms with Crippen LogP contribution in [0.4, 0.5) is 14.5 Å². The predicted molar refractivity (Wildman–Crippen MR) is 158 cm³/mol. The van der Waals surface area contributed by atoms with E-state index < -0.39 is 63.7 Å². The minimum Gasteiger partial charge on any atom is -0.461 e. The molecule has 1 aliphatic carbocycles. The molecular weight excluding hydrogens is 654 g/mol. The Morgan fingerprint density at radius 3 is 2.29 bits per heavy atom. The molecule has 4 aromatic rings. The number of hydrogen-bond acceptors (Lipinski definition) is 4. The van der Waals surface area contributed by atoms with Crippen molar-refractivity contribution in [2.24, 2.45) is 5.92 Å². The molecule has 1 N–H and O–H groups in total. The average Bonchev–Trinajstić information content (AvgIpc) is 3.25. The van der Waals surface area contributed by atoms with Crippen LogP contribution in [-0.4, -0.2) is 21.8 Å². The van der Waals surface area contributed by atoms with Crippen molar-refractivity contribution < 1.29 is 27.6 Å². The van der Waals surface area contributed by atoms with Gasteiger partial charge in [-0.3, -0.25) is 14.4 Å². The predicted octanol–water partition coefficient (Wildman–Crippen LogP) is 8.89. The van der Waals surface area contributed by atoms with Gasteiger partial charge >= 0.3 is 0 Å². The van der Waals surface area contributed by atoms with Gasteiger partial charge < -0.3 is 9.73 Å². The maximum atomic E-state index is 15.2. The Hall–Kier alpha value is -2.94. The van der Waals surface area contributed by atoms with E-state index in [0.717, 1.165) is 12.1 Å². The van der Waals surface area contributed by atoms with Gasteiger partial charge in [0.25, 0.3) is 0 Å². The van der Waals surface area contributed by atoms with E-state index in [-0.39, 0.29) is 27.6 Å². The Morgan fingerprint density at radius 1 is 0.857 bits per heavy atom. The highest BCUT2D eigenvalue weighted by molar-refractivity contribution is 6.53. The number of halogens is 7. The molecule has 0 spiro atoms. The second-order valence-electron chi connectivity index (χ2n) is 9.66. The quantitative estimate of drug-likeness (QED) is 0.143. The fourth-order valence-electron chi connectivity index (χ4n) is 4.71. The molecule has 0 bridgehead atoms. The fraction of sp³-hybridized carbons (Fsp3) is 0.167. The summed E-state index contributed by atoms with van der Waals surface area (Å²) in [4.78, 5) is 38.6. The number of carbonyl (C=O) groups excluding carboxylic acids is 3. The van der Waals surface area contributed by atoms with Crippen LogP contribution in [0, 0.1) is 17.6 Å². The highest BCUT2D eigenvalue weighted by Gasteiger charge is 2.67. The molecule has 42 heavy (non-hydrogen) atoms. The minimum absolute atomic E-state index is 0.00811. The number of Topliss-reactive ketones (excluding diaryl/α,β-unsaturated/α-hetero) is 2. The summed E-state index contributed by atoms with van der Waals surface area (Å²) in [6.07, 6.45) is 0.192. The molecule has 5 rings (SSSR count). The lowest BCUT2D eigenvalue weighted by atomic mass is 9.97. The molecule has 2 atom stereocenters. The van der Waals surface area contributed by atoms with Gasteiger partial charge in [-0.2, -0.15) is 0 Å². The number of nitrogens with one attached hydrogen (secondary N) is 1. The van der Waals surface area contributed by atoms with Gasteiger partial charge in [0.1, 0.15) is 16.0 Å². The van der Waals surface area contributed by atoms with Crippen LogP contribution in [0.3, 0.4) is 0 Å². The number of amides is 1. The zero-order valence-corrected chi connectivity index (χ0v) is 25.0. The van der Waals surface area contributed by atoms with Gasteiger partial charge in [0.05, 0.1) is 27.2 Å². The summed E-state index contributed by atoms with van der Waals surface area (Å²) in [6.45, 7) is 0. The smallest absolute Gasteiger partial charge is 0.231 e. The third-order valence-corrected chi connectivity index (χ3v) is 8.93. The van der Waals surface area contributed by atoms with Crippen LogP contribution in [0.15, 0.2) is 71.3 Å². The van der Waals surface area contributed by atoms with Crippen LogP contribution < -0.4 is 5.32 Å². The third kappa shape index (κ3) is 6.08. The summed E-state index contributed by atoms with van der Waals surface area (Å²) >= 11 is 31.2. The van der Waals surface area contributed by atoms with Gasteiger partial charge in [-0.15, -0.1) is 23.2 Å². The van der Waals surface area contributed by atoms with Gasteiger partial charge in [0.2, 0.25) is 11.7 Å². The molecule has 1 amide bonds. The normalized spacial score (nSPS) is 17.1. The van der Waals surface area contributed by atoms with Crippen molar-refractivity contribution in [3.8, 4) is 0 Å². The van der Waals surface area contributed by atoms with E-state index in [1.165, 1.54) is 36.6 Å². The Labute approximate surface area is 263 Å². The van der Waals surface area contributed by atoms with Crippen molar-refractivity contribution in [1.29, 1.82) is 0 Å². The zero-order valence-electron chi connectivity index (χ0n) is 21.2. The summed E-state index contributed by atoms with van der Waals surface area (Å²) in [6, 6.07) is 14.0. The number of alkyl halides is 2. The van der Waals surface area contributed by atoms with Crippen LogP contribution in [0.25, 0.3) is 0 Å². The largest absolute Gasteiger partial charge is 0.461 e. The summed E-state index contributed by atoms with van der Waals surface area (Å²) < 4.78 is 33.3. The van der Waals surface area contributed by atoms with Crippen molar-refractivity contribution in [1.82, 2.24) is 0 Å². The van der Waals surface area contributed by atoms with E-state index in [0.29, 0.717) is 15.6 Å². The summed E-state index contributed by atoms with van der Waals surface area (Å²) in [7, 11) is 0. The summed E-state index contributed by atoms with van der Waals surface area (Å²) in [5, 5.41) is 3.37. The van der Waals surface area contributed by atoms with Crippen LogP contribution in [-0.2, 0) is 17.6 Å². The Kier molecular flexibility index (Phi) is 8.70. The van der Waals surface area contributed by atoms with Crippen LogP contribution in [0.5, 0.6) is 0 Å². The molecule has 0 radical (unpaired) electrons. The fourth-order valence-corrected chi connectivity index (χ4v) is 6.07. The molecule has 1 fully saturated rings. The topological polar surface area (TPSA) is 76.4 Å². The van der Waals surface area contributed by atoms with Crippen LogP contribution in [0.1, 0.15) is 43.5 Å². The van der Waals surface area contributed by atoms with Crippen molar-refractivity contribution in [3.05, 3.63) is 122 Å². The zero-order chi connectivity index (χ0) is 30.3. The molecule has 216 valence electrons. The highest BCUT2D eigenvalue weighted by Crippen LogP contribution is 2.65. The molecular formula is C30H18Cl5F2NO4.